The molecule has 1 aliphatic heterocycles. The van der Waals surface area contributed by atoms with Gasteiger partial charge in [-0.3, -0.25) is 9.59 Å². The Balaban J connectivity index is 2.10. The van der Waals surface area contributed by atoms with Crippen LogP contribution in [0.5, 0.6) is 0 Å². The molecule has 0 radical (unpaired) electrons. The SMILES string of the molecule is CC1(C)CC(=O)C(C(=S)N2CCOCC2)C(=O)C1. The van der Waals surface area contributed by atoms with E-state index < -0.39 is 5.92 Å². The maximum atomic E-state index is 12.1. The standard InChI is InChI=1S/C13H19NO3S/c1-13(2)7-9(15)11(10(16)8-13)12(18)14-3-5-17-6-4-14/h11H,3-8H2,1-2H3. The predicted molar refractivity (Wildman–Crippen MR) is 71.5 cm³/mol. The largest absolute Gasteiger partial charge is 0.378 e. The van der Waals surface area contributed by atoms with Gasteiger partial charge in [0, 0.05) is 25.9 Å². The van der Waals surface area contributed by atoms with Crippen LogP contribution in [0.25, 0.3) is 0 Å². The highest BCUT2D eigenvalue weighted by Crippen LogP contribution is 2.34. The highest BCUT2D eigenvalue weighted by molar-refractivity contribution is 7.80. The number of carbonyl (C=O) groups excluding carboxylic acids is 2. The Hall–Kier alpha value is -0.810. The highest BCUT2D eigenvalue weighted by atomic mass is 32.1. The Labute approximate surface area is 113 Å². The first-order valence-corrected chi connectivity index (χ1v) is 6.73. The second-order valence-electron chi connectivity index (χ2n) is 5.82. The molecule has 0 aromatic rings. The molecule has 1 saturated heterocycles. The number of Topliss-reactive ketones (excluding diaryl/α,β-unsaturated/α-hetero) is 2. The Bertz CT molecular complexity index is 366. The summed E-state index contributed by atoms with van der Waals surface area (Å²) in [6.45, 7) is 6.49. The summed E-state index contributed by atoms with van der Waals surface area (Å²) in [5, 5.41) is 0. The summed E-state index contributed by atoms with van der Waals surface area (Å²) < 4.78 is 5.25. The van der Waals surface area contributed by atoms with E-state index in [1.807, 2.05) is 18.7 Å². The monoisotopic (exact) mass is 269 g/mol. The van der Waals surface area contributed by atoms with Crippen molar-refractivity contribution in [3.05, 3.63) is 0 Å². The molecule has 2 rings (SSSR count). The molecule has 0 aromatic heterocycles. The van der Waals surface area contributed by atoms with Gasteiger partial charge in [-0.05, 0) is 5.41 Å². The van der Waals surface area contributed by atoms with Crippen molar-refractivity contribution >= 4 is 28.8 Å². The number of morpholine rings is 1. The fraction of sp³-hybridized carbons (Fsp3) is 0.769. The number of ether oxygens (including phenoxy) is 1. The summed E-state index contributed by atoms with van der Waals surface area (Å²) in [4.78, 5) is 26.7. The maximum Gasteiger partial charge on any atom is 0.150 e. The zero-order valence-corrected chi connectivity index (χ0v) is 11.7. The molecule has 1 saturated carbocycles. The second kappa shape index (κ2) is 5.05. The van der Waals surface area contributed by atoms with Gasteiger partial charge in [-0.2, -0.15) is 0 Å². The molecule has 0 unspecified atom stereocenters. The van der Waals surface area contributed by atoms with Crippen molar-refractivity contribution in [3.8, 4) is 0 Å². The molecule has 18 heavy (non-hydrogen) atoms. The smallest absolute Gasteiger partial charge is 0.150 e. The molecule has 2 aliphatic rings. The van der Waals surface area contributed by atoms with E-state index in [0.717, 1.165) is 0 Å². The first kappa shape index (κ1) is 13.6. The van der Waals surface area contributed by atoms with Crippen LogP contribution in [0.4, 0.5) is 0 Å². The molecule has 5 heteroatoms. The topological polar surface area (TPSA) is 46.6 Å². The van der Waals surface area contributed by atoms with Crippen LogP contribution in [-0.2, 0) is 14.3 Å². The lowest BCUT2D eigenvalue weighted by atomic mass is 9.71. The van der Waals surface area contributed by atoms with E-state index in [1.54, 1.807) is 0 Å². The number of rotatable bonds is 1. The average molecular weight is 269 g/mol. The molecule has 0 amide bonds. The minimum absolute atomic E-state index is 0.0206. The molecule has 1 heterocycles. The van der Waals surface area contributed by atoms with Gasteiger partial charge in [0.15, 0.2) is 11.6 Å². The quantitative estimate of drug-likeness (QED) is 0.529. The van der Waals surface area contributed by atoms with Crippen molar-refractivity contribution in [2.24, 2.45) is 11.3 Å². The third-order valence-electron chi connectivity index (χ3n) is 3.52. The van der Waals surface area contributed by atoms with Crippen LogP contribution in [-0.4, -0.2) is 47.8 Å². The second-order valence-corrected chi connectivity index (χ2v) is 6.24. The molecule has 0 spiro atoms. The molecule has 0 N–H and O–H groups in total. The Morgan fingerprint density at radius 3 is 2.22 bits per heavy atom. The van der Waals surface area contributed by atoms with Crippen LogP contribution in [0.2, 0.25) is 0 Å². The number of ketones is 2. The van der Waals surface area contributed by atoms with Crippen molar-refractivity contribution in [3.63, 3.8) is 0 Å². The Morgan fingerprint density at radius 1 is 1.22 bits per heavy atom. The number of hydrogen-bond acceptors (Lipinski definition) is 4. The fourth-order valence-corrected chi connectivity index (χ4v) is 3.08. The van der Waals surface area contributed by atoms with Gasteiger partial charge in [0.2, 0.25) is 0 Å². The van der Waals surface area contributed by atoms with Gasteiger partial charge in [-0.1, -0.05) is 26.1 Å². The van der Waals surface area contributed by atoms with Crippen LogP contribution in [0.1, 0.15) is 26.7 Å². The van der Waals surface area contributed by atoms with E-state index in [9.17, 15) is 9.59 Å². The molecule has 4 nitrogen and oxygen atoms in total. The van der Waals surface area contributed by atoms with Crippen LogP contribution in [0, 0.1) is 11.3 Å². The maximum absolute atomic E-state index is 12.1. The Kier molecular flexibility index (Phi) is 3.82. The van der Waals surface area contributed by atoms with E-state index >= 15 is 0 Å². The van der Waals surface area contributed by atoms with Gasteiger partial charge < -0.3 is 9.64 Å². The predicted octanol–water partition coefficient (Wildman–Crippen LogP) is 1.22. The summed E-state index contributed by atoms with van der Waals surface area (Å²) in [5.41, 5.74) is -0.217. The fourth-order valence-electron chi connectivity index (χ4n) is 2.63. The van der Waals surface area contributed by atoms with Gasteiger partial charge in [0.1, 0.15) is 5.92 Å². The summed E-state index contributed by atoms with van der Waals surface area (Å²) in [5.74, 6) is -0.730. The van der Waals surface area contributed by atoms with Crippen LogP contribution < -0.4 is 0 Å². The molecule has 100 valence electrons. The number of carbonyl (C=O) groups is 2. The minimum atomic E-state index is -0.689. The lowest BCUT2D eigenvalue weighted by Gasteiger charge is -2.37. The van der Waals surface area contributed by atoms with Crippen LogP contribution >= 0.6 is 12.2 Å². The first-order valence-electron chi connectivity index (χ1n) is 6.33. The van der Waals surface area contributed by atoms with E-state index in [0.29, 0.717) is 44.1 Å². The lowest BCUT2D eigenvalue weighted by Crippen LogP contribution is -2.50. The number of nitrogens with zero attached hydrogens (tertiary/aromatic N) is 1. The van der Waals surface area contributed by atoms with E-state index in [4.69, 9.17) is 17.0 Å². The first-order chi connectivity index (χ1) is 8.41. The van der Waals surface area contributed by atoms with Gasteiger partial charge in [-0.25, -0.2) is 0 Å². The highest BCUT2D eigenvalue weighted by Gasteiger charge is 2.42. The van der Waals surface area contributed by atoms with Gasteiger partial charge >= 0.3 is 0 Å². The molecule has 0 aromatic carbocycles. The van der Waals surface area contributed by atoms with Crippen molar-refractivity contribution < 1.29 is 14.3 Å². The average Bonchev–Trinajstić information content (AvgIpc) is 2.27. The van der Waals surface area contributed by atoms with Gasteiger partial charge in [0.25, 0.3) is 0 Å². The summed E-state index contributed by atoms with van der Waals surface area (Å²) in [6, 6.07) is 0. The molecular weight excluding hydrogens is 250 g/mol. The summed E-state index contributed by atoms with van der Waals surface area (Å²) in [6.07, 6.45) is 0.877. The number of thiocarbonyl (C=S) groups is 1. The Morgan fingerprint density at radius 2 is 1.72 bits per heavy atom. The molecule has 0 bridgehead atoms. The van der Waals surface area contributed by atoms with E-state index in [-0.39, 0.29) is 17.0 Å². The lowest BCUT2D eigenvalue weighted by molar-refractivity contribution is -0.136. The van der Waals surface area contributed by atoms with Crippen molar-refractivity contribution in [1.82, 2.24) is 4.90 Å². The number of hydrogen-bond donors (Lipinski definition) is 0. The van der Waals surface area contributed by atoms with E-state index in [2.05, 4.69) is 0 Å². The zero-order valence-electron chi connectivity index (χ0n) is 10.9. The van der Waals surface area contributed by atoms with Gasteiger partial charge in [-0.15, -0.1) is 0 Å². The minimum Gasteiger partial charge on any atom is -0.378 e. The zero-order chi connectivity index (χ0) is 13.3. The van der Waals surface area contributed by atoms with Crippen molar-refractivity contribution in [2.75, 3.05) is 26.3 Å². The molecule has 0 atom stereocenters. The third kappa shape index (κ3) is 2.78. The third-order valence-corrected chi connectivity index (χ3v) is 4.01. The summed E-state index contributed by atoms with van der Waals surface area (Å²) >= 11 is 5.35. The molecule has 2 fully saturated rings. The van der Waals surface area contributed by atoms with Crippen LogP contribution in [0.15, 0.2) is 0 Å². The van der Waals surface area contributed by atoms with Crippen LogP contribution in [0.3, 0.4) is 0 Å². The van der Waals surface area contributed by atoms with E-state index in [1.165, 1.54) is 0 Å². The molecular formula is C13H19NO3S. The van der Waals surface area contributed by atoms with Crippen molar-refractivity contribution in [1.29, 1.82) is 0 Å². The summed E-state index contributed by atoms with van der Waals surface area (Å²) in [7, 11) is 0. The molecule has 1 aliphatic carbocycles. The van der Waals surface area contributed by atoms with Crippen molar-refractivity contribution in [2.45, 2.75) is 26.7 Å². The van der Waals surface area contributed by atoms with Gasteiger partial charge in [0.05, 0.1) is 18.2 Å². The normalized spacial score (nSPS) is 25.3.